The highest BCUT2D eigenvalue weighted by Gasteiger charge is 2.34. The molecule has 0 saturated carbocycles. The molecule has 0 N–H and O–H groups in total. The van der Waals surface area contributed by atoms with Crippen LogP contribution in [0.4, 0.5) is 0 Å². The highest BCUT2D eigenvalue weighted by molar-refractivity contribution is 5.52. The predicted octanol–water partition coefficient (Wildman–Crippen LogP) is 5.35. The van der Waals surface area contributed by atoms with Gasteiger partial charge >= 0.3 is 0 Å². The Kier molecular flexibility index (Phi) is 2.84. The van der Waals surface area contributed by atoms with E-state index in [9.17, 15) is 0 Å². The molecule has 0 heteroatoms. The van der Waals surface area contributed by atoms with Gasteiger partial charge in [0.05, 0.1) is 0 Å². The molecule has 0 aromatic rings. The summed E-state index contributed by atoms with van der Waals surface area (Å²) in [6.07, 6.45) is 8.88. The zero-order valence-corrected chi connectivity index (χ0v) is 12.0. The van der Waals surface area contributed by atoms with E-state index in [1.807, 2.05) is 0 Å². The van der Waals surface area contributed by atoms with Gasteiger partial charge in [0.25, 0.3) is 0 Å². The van der Waals surface area contributed by atoms with E-state index in [4.69, 9.17) is 0 Å². The van der Waals surface area contributed by atoms with Crippen LogP contribution in [0.5, 0.6) is 0 Å². The third-order valence-corrected chi connectivity index (χ3v) is 5.17. The Morgan fingerprint density at radius 2 is 1.94 bits per heavy atom. The lowest BCUT2D eigenvalue weighted by molar-refractivity contribution is 0.520. The van der Waals surface area contributed by atoms with Crippen LogP contribution in [0.1, 0.15) is 52.9 Å². The first kappa shape index (κ1) is 12.0. The van der Waals surface area contributed by atoms with Crippen molar-refractivity contribution in [1.29, 1.82) is 0 Å². The summed E-state index contributed by atoms with van der Waals surface area (Å²) in [4.78, 5) is 0. The molecule has 3 aliphatic carbocycles. The molecular weight excluding hydrogens is 216 g/mol. The first-order valence-electron chi connectivity index (χ1n) is 7.32. The van der Waals surface area contributed by atoms with E-state index in [1.54, 1.807) is 27.9 Å². The fraction of sp³-hybridized carbons (Fsp3) is 0.556. The second-order valence-corrected chi connectivity index (χ2v) is 6.43. The summed E-state index contributed by atoms with van der Waals surface area (Å²) in [5, 5.41) is 0. The molecule has 0 amide bonds. The average Bonchev–Trinajstić information content (AvgIpc) is 3.11. The Morgan fingerprint density at radius 3 is 2.67 bits per heavy atom. The summed E-state index contributed by atoms with van der Waals surface area (Å²) in [7, 11) is 0. The van der Waals surface area contributed by atoms with Gasteiger partial charge in [0.1, 0.15) is 0 Å². The topological polar surface area (TPSA) is 0 Å². The molecule has 18 heavy (non-hydrogen) atoms. The molecule has 2 atom stereocenters. The van der Waals surface area contributed by atoms with E-state index in [-0.39, 0.29) is 0 Å². The molecule has 0 spiro atoms. The van der Waals surface area contributed by atoms with Crippen molar-refractivity contribution in [1.82, 2.24) is 0 Å². The van der Waals surface area contributed by atoms with Crippen LogP contribution in [0.2, 0.25) is 0 Å². The summed E-state index contributed by atoms with van der Waals surface area (Å²) in [6.45, 7) is 11.1. The monoisotopic (exact) mass is 240 g/mol. The zero-order chi connectivity index (χ0) is 12.9. The molecule has 0 aliphatic heterocycles. The van der Waals surface area contributed by atoms with Crippen molar-refractivity contribution in [2.24, 2.45) is 11.8 Å². The largest absolute Gasteiger partial charge is 0.0998 e. The highest BCUT2D eigenvalue weighted by Crippen LogP contribution is 2.49. The van der Waals surface area contributed by atoms with Gasteiger partial charge in [-0.25, -0.2) is 0 Å². The van der Waals surface area contributed by atoms with Gasteiger partial charge in [0.2, 0.25) is 0 Å². The fourth-order valence-corrected chi connectivity index (χ4v) is 3.72. The minimum Gasteiger partial charge on any atom is -0.0998 e. The Balaban J connectivity index is 1.90. The number of fused-ring (bicyclic) bond motifs is 1. The van der Waals surface area contributed by atoms with Crippen LogP contribution in [0.15, 0.2) is 46.1 Å². The van der Waals surface area contributed by atoms with Crippen LogP contribution in [0, 0.1) is 11.8 Å². The number of hydrogen-bond acceptors (Lipinski definition) is 0. The van der Waals surface area contributed by atoms with Crippen molar-refractivity contribution < 1.29 is 0 Å². The standard InChI is InChI=1S/C18H24/c1-11(2)14-6-5-12(3)17(9-14)16-8-7-15-10-18(15)13(16)4/h10,14,18H,1,5-9H2,2-4H3. The predicted molar refractivity (Wildman–Crippen MR) is 78.4 cm³/mol. The minimum absolute atomic E-state index is 0.720. The highest BCUT2D eigenvalue weighted by atomic mass is 14.4. The molecule has 0 aromatic carbocycles. The summed E-state index contributed by atoms with van der Waals surface area (Å²) >= 11 is 0. The lowest BCUT2D eigenvalue weighted by atomic mass is 9.75. The summed E-state index contributed by atoms with van der Waals surface area (Å²) in [5.41, 5.74) is 9.74. The maximum Gasteiger partial charge on any atom is 0.0193 e. The van der Waals surface area contributed by atoms with Crippen LogP contribution in [-0.4, -0.2) is 0 Å². The van der Waals surface area contributed by atoms with Crippen LogP contribution in [0.3, 0.4) is 0 Å². The quantitative estimate of drug-likeness (QED) is 0.571. The number of hydrogen-bond donors (Lipinski definition) is 0. The molecule has 0 saturated heterocycles. The molecule has 3 aliphatic rings. The number of allylic oxidation sites excluding steroid dienone is 7. The van der Waals surface area contributed by atoms with Gasteiger partial charge in [-0.05, 0) is 69.9 Å². The van der Waals surface area contributed by atoms with Gasteiger partial charge < -0.3 is 0 Å². The fourth-order valence-electron chi connectivity index (χ4n) is 3.72. The molecule has 3 rings (SSSR count). The van der Waals surface area contributed by atoms with Gasteiger partial charge in [0, 0.05) is 5.92 Å². The molecule has 0 heterocycles. The maximum atomic E-state index is 4.18. The number of rotatable bonds is 2. The minimum atomic E-state index is 0.720. The third kappa shape index (κ3) is 1.92. The average molecular weight is 240 g/mol. The second kappa shape index (κ2) is 4.26. The van der Waals surface area contributed by atoms with E-state index in [2.05, 4.69) is 33.4 Å². The Hall–Kier alpha value is -1.04. The summed E-state index contributed by atoms with van der Waals surface area (Å²) in [5.74, 6) is 1.47. The van der Waals surface area contributed by atoms with Crippen LogP contribution in [0.25, 0.3) is 0 Å². The van der Waals surface area contributed by atoms with Crippen LogP contribution >= 0.6 is 0 Å². The Labute approximate surface area is 111 Å². The van der Waals surface area contributed by atoms with Crippen molar-refractivity contribution >= 4 is 0 Å². The van der Waals surface area contributed by atoms with E-state index in [0.717, 1.165) is 11.8 Å². The van der Waals surface area contributed by atoms with Crippen molar-refractivity contribution in [3.8, 4) is 0 Å². The maximum absolute atomic E-state index is 4.18. The van der Waals surface area contributed by atoms with Crippen molar-refractivity contribution in [2.75, 3.05) is 0 Å². The van der Waals surface area contributed by atoms with E-state index in [1.165, 1.54) is 37.7 Å². The smallest absolute Gasteiger partial charge is 0.0193 e. The lowest BCUT2D eigenvalue weighted by Crippen LogP contribution is -2.14. The molecule has 0 bridgehead atoms. The van der Waals surface area contributed by atoms with Gasteiger partial charge in [-0.1, -0.05) is 34.9 Å². The van der Waals surface area contributed by atoms with Gasteiger partial charge in [-0.2, -0.15) is 0 Å². The summed E-state index contributed by atoms with van der Waals surface area (Å²) < 4.78 is 0. The molecule has 0 fully saturated rings. The van der Waals surface area contributed by atoms with E-state index < -0.39 is 0 Å². The molecule has 0 aromatic heterocycles. The van der Waals surface area contributed by atoms with Crippen molar-refractivity contribution in [3.63, 3.8) is 0 Å². The van der Waals surface area contributed by atoms with Crippen molar-refractivity contribution in [2.45, 2.75) is 52.9 Å². The summed E-state index contributed by atoms with van der Waals surface area (Å²) in [6, 6.07) is 0. The van der Waals surface area contributed by atoms with Crippen molar-refractivity contribution in [3.05, 3.63) is 46.1 Å². The second-order valence-electron chi connectivity index (χ2n) is 6.43. The van der Waals surface area contributed by atoms with Gasteiger partial charge in [-0.15, -0.1) is 0 Å². The molecule has 0 radical (unpaired) electrons. The van der Waals surface area contributed by atoms with E-state index in [0.29, 0.717) is 0 Å². The molecule has 2 unspecified atom stereocenters. The lowest BCUT2D eigenvalue weighted by Gasteiger charge is -2.30. The first-order valence-corrected chi connectivity index (χ1v) is 7.32. The van der Waals surface area contributed by atoms with Crippen LogP contribution in [-0.2, 0) is 0 Å². The van der Waals surface area contributed by atoms with Crippen LogP contribution < -0.4 is 0 Å². The molecule has 0 nitrogen and oxygen atoms in total. The van der Waals surface area contributed by atoms with Gasteiger partial charge in [-0.3, -0.25) is 0 Å². The Morgan fingerprint density at radius 1 is 1.17 bits per heavy atom. The SMILES string of the molecule is C=C(C)C1CCC(C)=C(C2=C(C)C3C=C3CC2)C1. The van der Waals surface area contributed by atoms with E-state index >= 15 is 0 Å². The normalized spacial score (nSPS) is 31.2. The molecule has 96 valence electrons. The Bertz CT molecular complexity index is 496. The zero-order valence-electron chi connectivity index (χ0n) is 12.0. The molecular formula is C18H24. The third-order valence-electron chi connectivity index (χ3n) is 5.17. The first-order chi connectivity index (χ1) is 8.58. The van der Waals surface area contributed by atoms with Gasteiger partial charge in [0.15, 0.2) is 0 Å².